The van der Waals surface area contributed by atoms with Crippen molar-refractivity contribution in [1.29, 1.82) is 0 Å². The lowest BCUT2D eigenvalue weighted by molar-refractivity contribution is 0.0451. The lowest BCUT2D eigenvalue weighted by Gasteiger charge is -2.38. The molecule has 1 aliphatic carbocycles. The van der Waals surface area contributed by atoms with E-state index in [1.165, 1.54) is 32.1 Å². The third kappa shape index (κ3) is 3.62. The molecule has 0 radical (unpaired) electrons. The fourth-order valence-corrected chi connectivity index (χ4v) is 3.70. The van der Waals surface area contributed by atoms with Crippen LogP contribution in [0.25, 0.3) is 0 Å². The number of hydrogen-bond acceptors (Lipinski definition) is 4. The van der Waals surface area contributed by atoms with E-state index >= 15 is 0 Å². The largest absolute Gasteiger partial charge is 0.391 e. The van der Waals surface area contributed by atoms with Gasteiger partial charge in [0.2, 0.25) is 0 Å². The zero-order valence-corrected chi connectivity index (χ0v) is 10.7. The summed E-state index contributed by atoms with van der Waals surface area (Å²) in [5.41, 5.74) is 0. The normalized spacial score (nSPS) is 35.6. The van der Waals surface area contributed by atoms with Gasteiger partial charge in [-0.1, -0.05) is 19.3 Å². The van der Waals surface area contributed by atoms with Crippen molar-refractivity contribution >= 4 is 11.8 Å². The predicted octanol–water partition coefficient (Wildman–Crippen LogP) is 1.09. The molecule has 94 valence electrons. The fraction of sp³-hybridized carbons (Fsp3) is 1.00. The van der Waals surface area contributed by atoms with Crippen LogP contribution >= 0.6 is 11.8 Å². The number of aliphatic hydroxyl groups is 2. The zero-order chi connectivity index (χ0) is 11.4. The molecule has 0 aromatic heterocycles. The lowest BCUT2D eigenvalue weighted by atomic mass is 9.93. The van der Waals surface area contributed by atoms with Crippen molar-refractivity contribution in [1.82, 2.24) is 4.90 Å². The van der Waals surface area contributed by atoms with Gasteiger partial charge in [0.1, 0.15) is 0 Å². The van der Waals surface area contributed by atoms with Crippen molar-refractivity contribution in [2.75, 3.05) is 24.6 Å². The predicted molar refractivity (Wildman–Crippen MR) is 67.8 cm³/mol. The van der Waals surface area contributed by atoms with Gasteiger partial charge in [0, 0.05) is 30.6 Å². The van der Waals surface area contributed by atoms with E-state index in [-0.39, 0.29) is 12.2 Å². The number of aliphatic hydroxyl groups excluding tert-OH is 2. The molecule has 2 aliphatic rings. The van der Waals surface area contributed by atoms with Crippen LogP contribution in [0.3, 0.4) is 0 Å². The summed E-state index contributed by atoms with van der Waals surface area (Å²) < 4.78 is 0. The van der Waals surface area contributed by atoms with Crippen molar-refractivity contribution in [2.24, 2.45) is 0 Å². The van der Waals surface area contributed by atoms with E-state index in [9.17, 15) is 10.2 Å². The van der Waals surface area contributed by atoms with Gasteiger partial charge in [-0.3, -0.25) is 4.90 Å². The second-order valence-corrected chi connectivity index (χ2v) is 6.17. The molecule has 16 heavy (non-hydrogen) atoms. The maximum absolute atomic E-state index is 9.86. The van der Waals surface area contributed by atoms with E-state index in [2.05, 4.69) is 4.90 Å². The summed E-state index contributed by atoms with van der Waals surface area (Å²) in [6.45, 7) is 1.49. The molecule has 2 unspecified atom stereocenters. The van der Waals surface area contributed by atoms with Crippen LogP contribution in [0.1, 0.15) is 32.1 Å². The van der Waals surface area contributed by atoms with E-state index in [1.807, 2.05) is 0 Å². The molecule has 2 atom stereocenters. The van der Waals surface area contributed by atoms with E-state index in [1.54, 1.807) is 11.8 Å². The van der Waals surface area contributed by atoms with Gasteiger partial charge < -0.3 is 10.2 Å². The fourth-order valence-electron chi connectivity index (χ4n) is 2.81. The van der Waals surface area contributed by atoms with E-state index in [4.69, 9.17) is 0 Å². The summed E-state index contributed by atoms with van der Waals surface area (Å²) >= 11 is 1.67. The number of hydrogen-bond donors (Lipinski definition) is 2. The van der Waals surface area contributed by atoms with Gasteiger partial charge in [-0.25, -0.2) is 0 Å². The van der Waals surface area contributed by atoms with Crippen molar-refractivity contribution < 1.29 is 10.2 Å². The molecule has 1 heterocycles. The molecule has 1 saturated carbocycles. The van der Waals surface area contributed by atoms with E-state index in [0.717, 1.165) is 24.6 Å². The molecule has 3 nitrogen and oxygen atoms in total. The van der Waals surface area contributed by atoms with Gasteiger partial charge in [-0.15, -0.1) is 0 Å². The summed E-state index contributed by atoms with van der Waals surface area (Å²) in [5.74, 6) is 1.53. The SMILES string of the molecule is OC1CSCC(O)CN(C2CCCCC2)C1. The Morgan fingerprint density at radius 1 is 0.875 bits per heavy atom. The van der Waals surface area contributed by atoms with Gasteiger partial charge in [0.15, 0.2) is 0 Å². The van der Waals surface area contributed by atoms with Crippen LogP contribution in [0.5, 0.6) is 0 Å². The zero-order valence-electron chi connectivity index (χ0n) is 9.85. The van der Waals surface area contributed by atoms with Gasteiger partial charge in [0.25, 0.3) is 0 Å². The number of nitrogens with zero attached hydrogens (tertiary/aromatic N) is 1. The lowest BCUT2D eigenvalue weighted by Crippen LogP contribution is -2.47. The summed E-state index contributed by atoms with van der Waals surface area (Å²) in [4.78, 5) is 2.33. The van der Waals surface area contributed by atoms with Crippen LogP contribution in [-0.4, -0.2) is 58.0 Å². The summed E-state index contributed by atoms with van der Waals surface area (Å²) in [5, 5.41) is 19.7. The van der Waals surface area contributed by atoms with Crippen LogP contribution < -0.4 is 0 Å². The second kappa shape index (κ2) is 6.24. The second-order valence-electron chi connectivity index (χ2n) is 5.09. The first kappa shape index (κ1) is 12.7. The highest BCUT2D eigenvalue weighted by Gasteiger charge is 2.26. The number of β-amino-alcohol motifs (C(OH)–C–C–N with tert-alkyl or cyclic N) is 2. The monoisotopic (exact) mass is 245 g/mol. The minimum Gasteiger partial charge on any atom is -0.391 e. The minimum absolute atomic E-state index is 0.223. The number of rotatable bonds is 1. The van der Waals surface area contributed by atoms with Gasteiger partial charge in [0.05, 0.1) is 12.2 Å². The van der Waals surface area contributed by atoms with Crippen molar-refractivity contribution in [3.63, 3.8) is 0 Å². The minimum atomic E-state index is -0.223. The van der Waals surface area contributed by atoms with Gasteiger partial charge in [-0.2, -0.15) is 11.8 Å². The Morgan fingerprint density at radius 3 is 2.00 bits per heavy atom. The topological polar surface area (TPSA) is 43.7 Å². The third-order valence-corrected chi connectivity index (χ3v) is 4.84. The first-order valence-electron chi connectivity index (χ1n) is 6.43. The Morgan fingerprint density at radius 2 is 1.44 bits per heavy atom. The Hall–Kier alpha value is 0.230. The molecule has 0 aromatic carbocycles. The van der Waals surface area contributed by atoms with E-state index in [0.29, 0.717) is 6.04 Å². The van der Waals surface area contributed by atoms with Crippen molar-refractivity contribution in [3.05, 3.63) is 0 Å². The molecule has 0 aromatic rings. The maximum atomic E-state index is 9.86. The highest BCUT2D eigenvalue weighted by Crippen LogP contribution is 2.24. The molecule has 0 spiro atoms. The summed E-state index contributed by atoms with van der Waals surface area (Å²) in [6, 6.07) is 0.598. The maximum Gasteiger partial charge on any atom is 0.0757 e. The quantitative estimate of drug-likeness (QED) is 0.726. The molecular formula is C12H23NO2S. The Labute approximate surface area is 102 Å². The average molecular weight is 245 g/mol. The highest BCUT2D eigenvalue weighted by atomic mass is 32.2. The number of thioether (sulfide) groups is 1. The van der Waals surface area contributed by atoms with Crippen molar-refractivity contribution in [3.8, 4) is 0 Å². The Bertz CT molecular complexity index is 197. The summed E-state index contributed by atoms with van der Waals surface area (Å²) in [6.07, 6.45) is 6.01. The molecule has 2 N–H and O–H groups in total. The molecule has 1 aliphatic heterocycles. The van der Waals surface area contributed by atoms with Crippen LogP contribution in [-0.2, 0) is 0 Å². The smallest absolute Gasteiger partial charge is 0.0757 e. The first-order chi connectivity index (χ1) is 7.75. The van der Waals surface area contributed by atoms with Crippen LogP contribution in [0.4, 0.5) is 0 Å². The first-order valence-corrected chi connectivity index (χ1v) is 7.59. The molecule has 0 amide bonds. The molecule has 0 bridgehead atoms. The molecule has 2 fully saturated rings. The van der Waals surface area contributed by atoms with Crippen LogP contribution in [0.2, 0.25) is 0 Å². The van der Waals surface area contributed by atoms with E-state index < -0.39 is 0 Å². The molecule has 2 rings (SSSR count). The third-order valence-electron chi connectivity index (χ3n) is 3.60. The molecule has 4 heteroatoms. The molecular weight excluding hydrogens is 222 g/mol. The van der Waals surface area contributed by atoms with Crippen molar-refractivity contribution in [2.45, 2.75) is 50.4 Å². The molecule has 1 saturated heterocycles. The average Bonchev–Trinajstić information content (AvgIpc) is 2.27. The van der Waals surface area contributed by atoms with Crippen LogP contribution in [0, 0.1) is 0 Å². The Kier molecular flexibility index (Phi) is 4.95. The summed E-state index contributed by atoms with van der Waals surface area (Å²) in [7, 11) is 0. The standard InChI is InChI=1S/C12H23NO2S/c14-11-6-13(7-12(15)9-16-8-11)10-4-2-1-3-5-10/h10-12,14-15H,1-9H2. The van der Waals surface area contributed by atoms with Crippen LogP contribution in [0.15, 0.2) is 0 Å². The van der Waals surface area contributed by atoms with Gasteiger partial charge >= 0.3 is 0 Å². The Balaban J connectivity index is 1.92. The highest BCUT2D eigenvalue weighted by molar-refractivity contribution is 7.99. The van der Waals surface area contributed by atoms with Gasteiger partial charge in [-0.05, 0) is 12.8 Å².